The smallest absolute Gasteiger partial charge is 0.253 e. The molecular weight excluding hydrogens is 238 g/mol. The Kier molecular flexibility index (Phi) is 3.80. The molecule has 4 nitrogen and oxygen atoms in total. The fourth-order valence-electron chi connectivity index (χ4n) is 1.68. The summed E-state index contributed by atoms with van der Waals surface area (Å²) < 4.78 is 0. The van der Waals surface area contributed by atoms with Crippen molar-refractivity contribution >= 4 is 17.4 Å². The topological polar surface area (TPSA) is 45.2 Å². The molecule has 0 unspecified atom stereocenters. The highest BCUT2D eigenvalue weighted by Gasteiger charge is 2.08. The molecule has 1 amide bonds. The van der Waals surface area contributed by atoms with Crippen LogP contribution in [0.2, 0.25) is 0 Å². The molecule has 0 aliphatic heterocycles. The molecule has 98 valence electrons. The standard InChI is InChI=1S/C15H17N3O/c1-11-7-8-14(16-10-11)17-13-6-4-5-12(9-13)15(19)18(2)3/h4-10H,1-3H3,(H,16,17). The zero-order chi connectivity index (χ0) is 13.8. The Hall–Kier alpha value is -2.36. The van der Waals surface area contributed by atoms with Gasteiger partial charge in [-0.1, -0.05) is 12.1 Å². The van der Waals surface area contributed by atoms with Crippen LogP contribution in [0.15, 0.2) is 42.6 Å². The van der Waals surface area contributed by atoms with Crippen LogP contribution in [0.3, 0.4) is 0 Å². The van der Waals surface area contributed by atoms with Gasteiger partial charge in [-0.15, -0.1) is 0 Å². The lowest BCUT2D eigenvalue weighted by Crippen LogP contribution is -2.21. The number of hydrogen-bond acceptors (Lipinski definition) is 3. The normalized spacial score (nSPS) is 10.1. The number of hydrogen-bond donors (Lipinski definition) is 1. The molecule has 0 aliphatic rings. The molecule has 0 saturated carbocycles. The van der Waals surface area contributed by atoms with Crippen molar-refractivity contribution in [3.8, 4) is 0 Å². The Balaban J connectivity index is 2.19. The van der Waals surface area contributed by atoms with Gasteiger partial charge in [-0.2, -0.15) is 0 Å². The van der Waals surface area contributed by atoms with Gasteiger partial charge in [0, 0.05) is 31.5 Å². The zero-order valence-corrected chi connectivity index (χ0v) is 11.3. The van der Waals surface area contributed by atoms with E-state index in [2.05, 4.69) is 10.3 Å². The molecule has 0 atom stereocenters. The van der Waals surface area contributed by atoms with E-state index in [1.165, 1.54) is 0 Å². The molecule has 4 heteroatoms. The number of nitrogens with one attached hydrogen (secondary N) is 1. The first-order valence-corrected chi connectivity index (χ1v) is 6.07. The van der Waals surface area contributed by atoms with E-state index >= 15 is 0 Å². The molecular formula is C15H17N3O. The molecule has 19 heavy (non-hydrogen) atoms. The first-order chi connectivity index (χ1) is 9.06. The minimum atomic E-state index is -0.0134. The van der Waals surface area contributed by atoms with Crippen molar-refractivity contribution in [2.24, 2.45) is 0 Å². The summed E-state index contributed by atoms with van der Waals surface area (Å²) in [7, 11) is 3.48. The minimum absolute atomic E-state index is 0.0134. The number of carbonyl (C=O) groups excluding carboxylic acids is 1. The van der Waals surface area contributed by atoms with E-state index in [0.29, 0.717) is 5.56 Å². The largest absolute Gasteiger partial charge is 0.345 e. The van der Waals surface area contributed by atoms with Crippen molar-refractivity contribution in [1.29, 1.82) is 0 Å². The van der Waals surface area contributed by atoms with Gasteiger partial charge in [-0.3, -0.25) is 4.79 Å². The number of carbonyl (C=O) groups is 1. The summed E-state index contributed by atoms with van der Waals surface area (Å²) in [5, 5.41) is 3.18. The first-order valence-electron chi connectivity index (χ1n) is 6.07. The molecule has 2 aromatic rings. The number of pyridine rings is 1. The van der Waals surface area contributed by atoms with E-state index in [1.807, 2.05) is 37.3 Å². The zero-order valence-electron chi connectivity index (χ0n) is 11.3. The fraction of sp³-hybridized carbons (Fsp3) is 0.200. The van der Waals surface area contributed by atoms with Gasteiger partial charge in [0.05, 0.1) is 0 Å². The van der Waals surface area contributed by atoms with Gasteiger partial charge < -0.3 is 10.2 Å². The van der Waals surface area contributed by atoms with Crippen LogP contribution < -0.4 is 5.32 Å². The van der Waals surface area contributed by atoms with Gasteiger partial charge in [-0.25, -0.2) is 4.98 Å². The van der Waals surface area contributed by atoms with Crippen LogP contribution in [0.4, 0.5) is 11.5 Å². The maximum atomic E-state index is 11.9. The van der Waals surface area contributed by atoms with E-state index in [9.17, 15) is 4.79 Å². The van der Waals surface area contributed by atoms with Crippen molar-refractivity contribution in [2.75, 3.05) is 19.4 Å². The third-order valence-electron chi connectivity index (χ3n) is 2.70. The van der Waals surface area contributed by atoms with Crippen molar-refractivity contribution in [2.45, 2.75) is 6.92 Å². The van der Waals surface area contributed by atoms with Crippen LogP contribution in [0.25, 0.3) is 0 Å². The number of aryl methyl sites for hydroxylation is 1. The quantitative estimate of drug-likeness (QED) is 0.917. The lowest BCUT2D eigenvalue weighted by Gasteiger charge is -2.12. The second kappa shape index (κ2) is 5.52. The summed E-state index contributed by atoms with van der Waals surface area (Å²) in [5.41, 5.74) is 2.62. The van der Waals surface area contributed by atoms with Crippen LogP contribution in [0.1, 0.15) is 15.9 Å². The predicted molar refractivity (Wildman–Crippen MR) is 76.7 cm³/mol. The summed E-state index contributed by atoms with van der Waals surface area (Å²) in [5.74, 6) is 0.751. The van der Waals surface area contributed by atoms with Gasteiger partial charge >= 0.3 is 0 Å². The van der Waals surface area contributed by atoms with Gasteiger partial charge in [-0.05, 0) is 36.8 Å². The third-order valence-corrected chi connectivity index (χ3v) is 2.70. The van der Waals surface area contributed by atoms with Crippen LogP contribution in [-0.4, -0.2) is 29.9 Å². The predicted octanol–water partition coefficient (Wildman–Crippen LogP) is 2.84. The maximum Gasteiger partial charge on any atom is 0.253 e. The Bertz CT molecular complexity index is 576. The van der Waals surface area contributed by atoms with Gasteiger partial charge in [0.15, 0.2) is 0 Å². The second-order valence-corrected chi connectivity index (χ2v) is 4.63. The highest BCUT2D eigenvalue weighted by atomic mass is 16.2. The molecule has 1 N–H and O–H groups in total. The van der Waals surface area contributed by atoms with Crippen LogP contribution in [0.5, 0.6) is 0 Å². The molecule has 1 heterocycles. The van der Waals surface area contributed by atoms with E-state index in [1.54, 1.807) is 31.3 Å². The average Bonchev–Trinajstić information content (AvgIpc) is 2.41. The summed E-state index contributed by atoms with van der Waals surface area (Å²) in [6.45, 7) is 1.99. The van der Waals surface area contributed by atoms with E-state index in [-0.39, 0.29) is 5.91 Å². The van der Waals surface area contributed by atoms with Crippen molar-refractivity contribution < 1.29 is 4.79 Å². The highest BCUT2D eigenvalue weighted by Crippen LogP contribution is 2.16. The average molecular weight is 255 g/mol. The van der Waals surface area contributed by atoms with Gasteiger partial charge in [0.2, 0.25) is 0 Å². The Morgan fingerprint density at radius 1 is 1.21 bits per heavy atom. The Labute approximate surface area is 113 Å². The van der Waals surface area contributed by atoms with E-state index < -0.39 is 0 Å². The maximum absolute atomic E-state index is 11.9. The summed E-state index contributed by atoms with van der Waals surface area (Å²) >= 11 is 0. The molecule has 0 bridgehead atoms. The van der Waals surface area contributed by atoms with Crippen molar-refractivity contribution in [3.05, 3.63) is 53.7 Å². The van der Waals surface area contributed by atoms with Crippen LogP contribution in [0, 0.1) is 6.92 Å². The molecule has 1 aromatic carbocycles. The summed E-state index contributed by atoms with van der Waals surface area (Å²) in [4.78, 5) is 17.7. The number of benzene rings is 1. The van der Waals surface area contributed by atoms with Crippen molar-refractivity contribution in [3.63, 3.8) is 0 Å². The highest BCUT2D eigenvalue weighted by molar-refractivity contribution is 5.94. The second-order valence-electron chi connectivity index (χ2n) is 4.63. The first kappa shape index (κ1) is 13.1. The van der Waals surface area contributed by atoms with Gasteiger partial charge in [0.1, 0.15) is 5.82 Å². The molecule has 0 fully saturated rings. The molecule has 0 spiro atoms. The van der Waals surface area contributed by atoms with Crippen molar-refractivity contribution in [1.82, 2.24) is 9.88 Å². The molecule has 0 aliphatic carbocycles. The Morgan fingerprint density at radius 2 is 2.00 bits per heavy atom. The summed E-state index contributed by atoms with van der Waals surface area (Å²) in [6, 6.07) is 11.3. The van der Waals surface area contributed by atoms with Crippen LogP contribution in [-0.2, 0) is 0 Å². The molecule has 0 saturated heterocycles. The SMILES string of the molecule is Cc1ccc(Nc2cccc(C(=O)N(C)C)c2)nc1. The lowest BCUT2D eigenvalue weighted by atomic mass is 10.2. The molecule has 0 radical (unpaired) electrons. The van der Waals surface area contributed by atoms with E-state index in [4.69, 9.17) is 0 Å². The van der Waals surface area contributed by atoms with Gasteiger partial charge in [0.25, 0.3) is 5.91 Å². The van der Waals surface area contributed by atoms with E-state index in [0.717, 1.165) is 17.1 Å². The number of rotatable bonds is 3. The molecule has 2 rings (SSSR count). The number of aromatic nitrogens is 1. The van der Waals surface area contributed by atoms with Crippen LogP contribution >= 0.6 is 0 Å². The number of anilines is 2. The summed E-state index contributed by atoms with van der Waals surface area (Å²) in [6.07, 6.45) is 1.80. The lowest BCUT2D eigenvalue weighted by molar-refractivity contribution is 0.0827. The molecule has 1 aromatic heterocycles. The fourth-order valence-corrected chi connectivity index (χ4v) is 1.68. The monoisotopic (exact) mass is 255 g/mol. The number of amides is 1. The minimum Gasteiger partial charge on any atom is -0.345 e. The third kappa shape index (κ3) is 3.31. The Morgan fingerprint density at radius 3 is 2.63 bits per heavy atom. The number of nitrogens with zero attached hydrogens (tertiary/aromatic N) is 2.